The summed E-state index contributed by atoms with van der Waals surface area (Å²) < 4.78 is 47.3. The Balaban J connectivity index is 1.57. The first-order valence-electron chi connectivity index (χ1n) is 10.3. The van der Waals surface area contributed by atoms with Crippen LogP contribution in [0.15, 0.2) is 0 Å². The van der Waals surface area contributed by atoms with Gasteiger partial charge in [-0.2, -0.15) is 0 Å². The molecule has 0 aromatic heterocycles. The van der Waals surface area contributed by atoms with Gasteiger partial charge in [-0.25, -0.2) is 8.78 Å². The van der Waals surface area contributed by atoms with E-state index in [1.54, 1.807) is 0 Å². The predicted octanol–water partition coefficient (Wildman–Crippen LogP) is 4.62. The standard InChI is InChI=1S/C20H34F2O3/c1-3-5-11-23-15-9-7-13-14-8-10-16(24-12-6-4-2)18(22)20(14)25-19(13)17(15)21/h13-20H,3-12H2,1-2H3. The summed E-state index contributed by atoms with van der Waals surface area (Å²) in [5.74, 6) is 0.279. The molecule has 0 aromatic carbocycles. The molecular weight excluding hydrogens is 326 g/mol. The molecule has 3 nitrogen and oxygen atoms in total. The van der Waals surface area contributed by atoms with Gasteiger partial charge in [-0.1, -0.05) is 26.7 Å². The molecule has 2 aliphatic carbocycles. The number of hydrogen-bond acceptors (Lipinski definition) is 3. The van der Waals surface area contributed by atoms with Crippen molar-refractivity contribution in [1.82, 2.24) is 0 Å². The Bertz CT molecular complexity index is 372. The zero-order valence-corrected chi connectivity index (χ0v) is 15.7. The lowest BCUT2D eigenvalue weighted by Gasteiger charge is -2.37. The number of hydrogen-bond donors (Lipinski definition) is 0. The number of fused-ring (bicyclic) bond motifs is 3. The maximum absolute atomic E-state index is 14.9. The van der Waals surface area contributed by atoms with Crippen LogP contribution >= 0.6 is 0 Å². The minimum absolute atomic E-state index is 0.140. The average Bonchev–Trinajstić information content (AvgIpc) is 3.00. The maximum atomic E-state index is 14.9. The summed E-state index contributed by atoms with van der Waals surface area (Å²) >= 11 is 0. The summed E-state index contributed by atoms with van der Waals surface area (Å²) in [4.78, 5) is 0. The van der Waals surface area contributed by atoms with Gasteiger partial charge in [0.15, 0.2) is 12.3 Å². The van der Waals surface area contributed by atoms with E-state index in [-0.39, 0.29) is 24.0 Å². The third-order valence-corrected chi connectivity index (χ3v) is 6.27. The molecule has 0 amide bonds. The van der Waals surface area contributed by atoms with Crippen LogP contribution in [0.25, 0.3) is 0 Å². The van der Waals surface area contributed by atoms with E-state index in [0.717, 1.165) is 51.4 Å². The highest BCUT2D eigenvalue weighted by Crippen LogP contribution is 2.49. The topological polar surface area (TPSA) is 27.7 Å². The molecule has 2 saturated carbocycles. The van der Waals surface area contributed by atoms with Gasteiger partial charge in [0.2, 0.25) is 0 Å². The highest BCUT2D eigenvalue weighted by atomic mass is 19.1. The van der Waals surface area contributed by atoms with Crippen molar-refractivity contribution in [2.75, 3.05) is 13.2 Å². The number of halogens is 2. The van der Waals surface area contributed by atoms with E-state index in [0.29, 0.717) is 13.2 Å². The SMILES string of the molecule is CCCCOC1CCC2C3CCC(OCCCC)C(F)C3OC2C1F. The molecule has 1 heterocycles. The second-order valence-electron chi connectivity index (χ2n) is 7.96. The van der Waals surface area contributed by atoms with Crippen LogP contribution in [0.1, 0.15) is 65.2 Å². The summed E-state index contributed by atoms with van der Waals surface area (Å²) in [5, 5.41) is 0. The average molecular weight is 360 g/mol. The van der Waals surface area contributed by atoms with Gasteiger partial charge in [-0.15, -0.1) is 0 Å². The minimum atomic E-state index is -1.13. The monoisotopic (exact) mass is 360 g/mol. The van der Waals surface area contributed by atoms with Crippen LogP contribution in [0.4, 0.5) is 8.78 Å². The van der Waals surface area contributed by atoms with Gasteiger partial charge in [0.1, 0.15) is 0 Å². The molecule has 0 radical (unpaired) electrons. The van der Waals surface area contributed by atoms with E-state index < -0.39 is 24.6 Å². The molecule has 0 N–H and O–H groups in total. The van der Waals surface area contributed by atoms with Crippen LogP contribution in [0, 0.1) is 11.8 Å². The Labute approximate surface area is 150 Å². The van der Waals surface area contributed by atoms with Gasteiger partial charge in [-0.3, -0.25) is 0 Å². The van der Waals surface area contributed by atoms with Crippen molar-refractivity contribution in [3.8, 4) is 0 Å². The second kappa shape index (κ2) is 9.09. The lowest BCUT2D eigenvalue weighted by molar-refractivity contribution is -0.133. The molecule has 3 fully saturated rings. The van der Waals surface area contributed by atoms with Gasteiger partial charge in [0.05, 0.1) is 24.4 Å². The number of alkyl halides is 2. The Hall–Kier alpha value is -0.260. The second-order valence-corrected chi connectivity index (χ2v) is 7.96. The molecule has 3 aliphatic rings. The van der Waals surface area contributed by atoms with Crippen LogP contribution in [0.3, 0.4) is 0 Å². The lowest BCUT2D eigenvalue weighted by Crippen LogP contribution is -2.45. The zero-order chi connectivity index (χ0) is 17.8. The largest absolute Gasteiger partial charge is 0.375 e. The van der Waals surface area contributed by atoms with Crippen LogP contribution in [0.5, 0.6) is 0 Å². The van der Waals surface area contributed by atoms with E-state index in [9.17, 15) is 8.78 Å². The smallest absolute Gasteiger partial charge is 0.152 e. The van der Waals surface area contributed by atoms with E-state index in [1.165, 1.54) is 0 Å². The maximum Gasteiger partial charge on any atom is 0.152 e. The predicted molar refractivity (Wildman–Crippen MR) is 93.2 cm³/mol. The summed E-state index contributed by atoms with van der Waals surface area (Å²) in [6.07, 6.45) is 3.18. The lowest BCUT2D eigenvalue weighted by atomic mass is 9.71. The fourth-order valence-electron chi connectivity index (χ4n) is 4.81. The normalized spacial score (nSPS) is 43.7. The van der Waals surface area contributed by atoms with E-state index in [2.05, 4.69) is 13.8 Å². The van der Waals surface area contributed by atoms with E-state index >= 15 is 0 Å². The molecule has 0 aromatic rings. The van der Waals surface area contributed by atoms with Crippen molar-refractivity contribution in [2.45, 2.75) is 102 Å². The molecule has 1 saturated heterocycles. The molecule has 0 spiro atoms. The van der Waals surface area contributed by atoms with Crippen molar-refractivity contribution in [3.05, 3.63) is 0 Å². The Morgan fingerprint density at radius 1 is 0.760 bits per heavy atom. The minimum Gasteiger partial charge on any atom is -0.375 e. The zero-order valence-electron chi connectivity index (χ0n) is 15.7. The molecule has 25 heavy (non-hydrogen) atoms. The highest BCUT2D eigenvalue weighted by molar-refractivity contribution is 5.04. The van der Waals surface area contributed by atoms with Gasteiger partial charge in [0, 0.05) is 13.2 Å². The molecule has 0 bridgehead atoms. The van der Waals surface area contributed by atoms with Gasteiger partial charge in [-0.05, 0) is 50.4 Å². The summed E-state index contributed by atoms with van der Waals surface area (Å²) in [7, 11) is 0. The molecule has 5 heteroatoms. The number of ether oxygens (including phenoxy) is 3. The van der Waals surface area contributed by atoms with Crippen molar-refractivity contribution in [1.29, 1.82) is 0 Å². The van der Waals surface area contributed by atoms with Crippen LogP contribution < -0.4 is 0 Å². The number of unbranched alkanes of at least 4 members (excludes halogenated alkanes) is 2. The Morgan fingerprint density at radius 2 is 1.20 bits per heavy atom. The first kappa shape index (κ1) is 19.5. The van der Waals surface area contributed by atoms with Crippen LogP contribution in [0.2, 0.25) is 0 Å². The van der Waals surface area contributed by atoms with E-state index in [1.807, 2.05) is 0 Å². The molecule has 146 valence electrons. The number of rotatable bonds is 8. The van der Waals surface area contributed by atoms with Crippen molar-refractivity contribution in [2.24, 2.45) is 11.8 Å². The highest BCUT2D eigenvalue weighted by Gasteiger charge is 2.57. The van der Waals surface area contributed by atoms with Gasteiger partial charge in [0.25, 0.3) is 0 Å². The van der Waals surface area contributed by atoms with Gasteiger partial charge < -0.3 is 14.2 Å². The molecule has 8 unspecified atom stereocenters. The molecule has 3 rings (SSSR count). The quantitative estimate of drug-likeness (QED) is 0.591. The van der Waals surface area contributed by atoms with Crippen LogP contribution in [-0.2, 0) is 14.2 Å². The first-order valence-corrected chi connectivity index (χ1v) is 10.3. The van der Waals surface area contributed by atoms with Gasteiger partial charge >= 0.3 is 0 Å². The Morgan fingerprint density at radius 3 is 1.60 bits per heavy atom. The third kappa shape index (κ3) is 4.19. The van der Waals surface area contributed by atoms with E-state index in [4.69, 9.17) is 14.2 Å². The Kier molecular flexibility index (Phi) is 7.09. The third-order valence-electron chi connectivity index (χ3n) is 6.27. The van der Waals surface area contributed by atoms with Crippen molar-refractivity contribution >= 4 is 0 Å². The summed E-state index contributed by atoms with van der Waals surface area (Å²) in [6.45, 7) is 5.40. The van der Waals surface area contributed by atoms with Crippen LogP contribution in [-0.4, -0.2) is 50.0 Å². The fourth-order valence-corrected chi connectivity index (χ4v) is 4.81. The van der Waals surface area contributed by atoms with Crippen molar-refractivity contribution in [3.63, 3.8) is 0 Å². The summed E-state index contributed by atoms with van der Waals surface area (Å²) in [5.41, 5.74) is 0. The first-order chi connectivity index (χ1) is 12.2. The van der Waals surface area contributed by atoms with Crippen molar-refractivity contribution < 1.29 is 23.0 Å². The molecular formula is C20H34F2O3. The fraction of sp³-hybridized carbons (Fsp3) is 1.00. The summed E-state index contributed by atoms with van der Waals surface area (Å²) in [6, 6.07) is 0. The molecule has 1 aliphatic heterocycles. The molecule has 8 atom stereocenters.